The maximum absolute atomic E-state index is 12.6. The number of amides is 1. The van der Waals surface area contributed by atoms with Crippen molar-refractivity contribution in [2.45, 2.75) is 31.3 Å². The Bertz CT molecular complexity index is 610. The Morgan fingerprint density at radius 1 is 1.35 bits per heavy atom. The normalized spacial score (nSPS) is 22.9. The first-order chi connectivity index (χ1) is 10.6. The maximum atomic E-state index is 12.6. The van der Waals surface area contributed by atoms with Crippen LogP contribution in [0.5, 0.6) is 5.75 Å². The van der Waals surface area contributed by atoms with Gasteiger partial charge in [0, 0.05) is 36.8 Å². The van der Waals surface area contributed by atoms with E-state index in [2.05, 4.69) is 5.32 Å². The predicted molar refractivity (Wildman–Crippen MR) is 87.4 cm³/mol. The van der Waals surface area contributed by atoms with E-state index in [-0.39, 0.29) is 29.8 Å². The molecule has 2 bridgehead atoms. The van der Waals surface area contributed by atoms with Crippen molar-refractivity contribution in [3.8, 4) is 5.75 Å². The molecule has 23 heavy (non-hydrogen) atoms. The molecule has 0 saturated carbocycles. The second-order valence-electron chi connectivity index (χ2n) is 5.82. The zero-order valence-corrected chi connectivity index (χ0v) is 13.7. The molecule has 3 rings (SSSR count). The minimum atomic E-state index is -0.526. The van der Waals surface area contributed by atoms with Gasteiger partial charge in [-0.25, -0.2) is 0 Å². The molecule has 2 fully saturated rings. The fourth-order valence-electron chi connectivity index (χ4n) is 3.28. The van der Waals surface area contributed by atoms with Gasteiger partial charge in [0.1, 0.15) is 0 Å². The van der Waals surface area contributed by atoms with Gasteiger partial charge in [-0.2, -0.15) is 0 Å². The number of carbonyl (C=O) groups is 1. The third kappa shape index (κ3) is 3.56. The first-order valence-electron chi connectivity index (χ1n) is 7.46. The average Bonchev–Trinajstić information content (AvgIpc) is 2.85. The molecule has 2 saturated heterocycles. The van der Waals surface area contributed by atoms with Crippen molar-refractivity contribution in [3.05, 3.63) is 33.9 Å². The van der Waals surface area contributed by atoms with E-state index in [1.54, 1.807) is 11.0 Å². The topological polar surface area (TPSA) is 84.7 Å². The molecule has 0 aromatic heterocycles. The second-order valence-corrected chi connectivity index (χ2v) is 5.82. The van der Waals surface area contributed by atoms with E-state index in [4.69, 9.17) is 4.74 Å². The van der Waals surface area contributed by atoms with Gasteiger partial charge in [0.15, 0.2) is 5.75 Å². The summed E-state index contributed by atoms with van der Waals surface area (Å²) >= 11 is 0. The van der Waals surface area contributed by atoms with Crippen molar-refractivity contribution < 1.29 is 14.5 Å². The number of nitrogens with one attached hydrogen (secondary N) is 1. The summed E-state index contributed by atoms with van der Waals surface area (Å²) in [5.74, 6) is 0.0123. The Hall–Kier alpha value is -1.86. The molecule has 0 spiro atoms. The highest BCUT2D eigenvalue weighted by Gasteiger charge is 2.32. The Labute approximate surface area is 140 Å². The lowest BCUT2D eigenvalue weighted by molar-refractivity contribution is -0.385. The van der Waals surface area contributed by atoms with Gasteiger partial charge >= 0.3 is 5.69 Å². The zero-order valence-electron chi connectivity index (χ0n) is 12.9. The summed E-state index contributed by atoms with van der Waals surface area (Å²) in [4.78, 5) is 25.0. The third-order valence-electron chi connectivity index (χ3n) is 4.43. The van der Waals surface area contributed by atoms with Crippen molar-refractivity contribution in [2.75, 3.05) is 20.2 Å². The number of rotatable bonds is 3. The molecule has 0 radical (unpaired) electrons. The summed E-state index contributed by atoms with van der Waals surface area (Å²) in [5, 5.41) is 14.6. The number of ether oxygens (including phenoxy) is 1. The first kappa shape index (κ1) is 17.5. The van der Waals surface area contributed by atoms with Crippen molar-refractivity contribution in [1.82, 2.24) is 10.2 Å². The Morgan fingerprint density at radius 2 is 2.09 bits per heavy atom. The van der Waals surface area contributed by atoms with Crippen molar-refractivity contribution in [3.63, 3.8) is 0 Å². The lowest BCUT2D eigenvalue weighted by atomic mass is 10.1. The van der Waals surface area contributed by atoms with E-state index in [0.717, 1.165) is 12.8 Å². The number of nitro benzene ring substituents is 1. The number of carbonyl (C=O) groups excluding carboxylic acids is 1. The molecule has 8 heteroatoms. The number of likely N-dealkylation sites (tertiary alicyclic amines) is 1. The molecule has 2 aliphatic heterocycles. The summed E-state index contributed by atoms with van der Waals surface area (Å²) < 4.78 is 4.97. The van der Waals surface area contributed by atoms with Crippen LogP contribution in [0, 0.1) is 10.1 Å². The van der Waals surface area contributed by atoms with Crippen LogP contribution in [0.25, 0.3) is 0 Å². The molecule has 1 amide bonds. The van der Waals surface area contributed by atoms with Crippen molar-refractivity contribution >= 4 is 24.0 Å². The summed E-state index contributed by atoms with van der Waals surface area (Å²) in [5.41, 5.74) is 0.160. The van der Waals surface area contributed by atoms with E-state index >= 15 is 0 Å². The van der Waals surface area contributed by atoms with Crippen LogP contribution in [0.1, 0.15) is 29.6 Å². The lowest BCUT2D eigenvalue weighted by Crippen LogP contribution is -2.39. The van der Waals surface area contributed by atoms with Crippen LogP contribution in [0.3, 0.4) is 0 Å². The molecule has 7 nitrogen and oxygen atoms in total. The van der Waals surface area contributed by atoms with Gasteiger partial charge in [-0.05, 0) is 31.4 Å². The van der Waals surface area contributed by atoms with Crippen LogP contribution >= 0.6 is 12.4 Å². The van der Waals surface area contributed by atoms with Crippen LogP contribution in [0.15, 0.2) is 18.2 Å². The molecular weight excluding hydrogens is 322 g/mol. The number of nitro groups is 1. The highest BCUT2D eigenvalue weighted by atomic mass is 35.5. The zero-order chi connectivity index (χ0) is 15.7. The van der Waals surface area contributed by atoms with Gasteiger partial charge in [0.05, 0.1) is 12.0 Å². The molecule has 1 N–H and O–H groups in total. The molecule has 2 unspecified atom stereocenters. The molecule has 2 aliphatic rings. The first-order valence-corrected chi connectivity index (χ1v) is 7.46. The molecule has 1 aromatic rings. The van der Waals surface area contributed by atoms with Crippen LogP contribution in [-0.2, 0) is 0 Å². The monoisotopic (exact) mass is 341 g/mol. The minimum absolute atomic E-state index is 0. The Kier molecular flexibility index (Phi) is 5.43. The highest BCUT2D eigenvalue weighted by molar-refractivity contribution is 5.95. The number of nitrogens with zero attached hydrogens (tertiary/aromatic N) is 2. The molecule has 126 valence electrons. The minimum Gasteiger partial charge on any atom is -0.490 e. The molecular formula is C15H20ClN3O4. The Morgan fingerprint density at radius 3 is 2.78 bits per heavy atom. The number of benzene rings is 1. The average molecular weight is 342 g/mol. The van der Waals surface area contributed by atoms with Crippen LogP contribution in [-0.4, -0.2) is 48.0 Å². The SMILES string of the molecule is COc1ccc(C(=O)N2CCC3CCC(C2)N3)cc1[N+](=O)[O-].Cl. The molecule has 2 atom stereocenters. The largest absolute Gasteiger partial charge is 0.490 e. The van der Waals surface area contributed by atoms with Crippen LogP contribution in [0.2, 0.25) is 0 Å². The van der Waals surface area contributed by atoms with E-state index in [1.165, 1.54) is 25.7 Å². The van der Waals surface area contributed by atoms with Crippen LogP contribution < -0.4 is 10.1 Å². The smallest absolute Gasteiger partial charge is 0.311 e. The van der Waals surface area contributed by atoms with Gasteiger partial charge in [0.25, 0.3) is 5.91 Å². The van der Waals surface area contributed by atoms with E-state index < -0.39 is 4.92 Å². The quantitative estimate of drug-likeness (QED) is 0.671. The van der Waals surface area contributed by atoms with Gasteiger partial charge in [0.2, 0.25) is 0 Å². The number of methoxy groups -OCH3 is 1. The fourth-order valence-corrected chi connectivity index (χ4v) is 3.28. The fraction of sp³-hybridized carbons (Fsp3) is 0.533. The lowest BCUT2D eigenvalue weighted by Gasteiger charge is -2.24. The summed E-state index contributed by atoms with van der Waals surface area (Å²) in [6, 6.07) is 5.20. The van der Waals surface area contributed by atoms with Crippen molar-refractivity contribution in [2.24, 2.45) is 0 Å². The number of halogens is 1. The third-order valence-corrected chi connectivity index (χ3v) is 4.43. The number of hydrogen-bond acceptors (Lipinski definition) is 5. The molecule has 1 aromatic carbocycles. The summed E-state index contributed by atoms with van der Waals surface area (Å²) in [6.45, 7) is 1.35. The second kappa shape index (κ2) is 7.14. The maximum Gasteiger partial charge on any atom is 0.311 e. The molecule has 0 aliphatic carbocycles. The number of hydrogen-bond donors (Lipinski definition) is 1. The van der Waals surface area contributed by atoms with Gasteiger partial charge in [-0.1, -0.05) is 0 Å². The van der Waals surface area contributed by atoms with Gasteiger partial charge in [-0.3, -0.25) is 14.9 Å². The summed E-state index contributed by atoms with van der Waals surface area (Å²) in [7, 11) is 1.38. The van der Waals surface area contributed by atoms with Crippen molar-refractivity contribution in [1.29, 1.82) is 0 Å². The highest BCUT2D eigenvalue weighted by Crippen LogP contribution is 2.29. The summed E-state index contributed by atoms with van der Waals surface area (Å²) in [6.07, 6.45) is 3.18. The number of fused-ring (bicyclic) bond motifs is 2. The van der Waals surface area contributed by atoms with Gasteiger partial charge in [-0.15, -0.1) is 12.4 Å². The molecule has 2 heterocycles. The van der Waals surface area contributed by atoms with Crippen LogP contribution in [0.4, 0.5) is 5.69 Å². The Balaban J connectivity index is 0.00000192. The van der Waals surface area contributed by atoms with E-state index in [0.29, 0.717) is 30.7 Å². The van der Waals surface area contributed by atoms with Gasteiger partial charge < -0.3 is 15.0 Å². The predicted octanol–water partition coefficient (Wildman–Crippen LogP) is 1.99. The standard InChI is InChI=1S/C15H19N3O4.ClH/c1-22-14-5-2-10(8-13(14)18(20)21)15(19)17-7-6-11-3-4-12(9-17)16-11;/h2,5,8,11-12,16H,3-4,6-7,9H2,1H3;1H. The van der Waals surface area contributed by atoms with E-state index in [9.17, 15) is 14.9 Å². The van der Waals surface area contributed by atoms with E-state index in [1.807, 2.05) is 0 Å².